The van der Waals surface area contributed by atoms with E-state index in [9.17, 15) is 9.59 Å². The zero-order valence-electron chi connectivity index (χ0n) is 9.38. The Labute approximate surface area is 90.2 Å². The maximum absolute atomic E-state index is 11.3. The molecule has 0 unspecified atom stereocenters. The lowest BCUT2D eigenvalue weighted by atomic mass is 10.4. The zero-order chi connectivity index (χ0) is 11.3. The summed E-state index contributed by atoms with van der Waals surface area (Å²) in [7, 11) is 3.34. The van der Waals surface area contributed by atoms with Crippen molar-refractivity contribution >= 4 is 11.8 Å². The van der Waals surface area contributed by atoms with Gasteiger partial charge in [-0.15, -0.1) is 0 Å². The molecule has 1 aliphatic carbocycles. The Bertz CT molecular complexity index is 237. The first-order valence-electron chi connectivity index (χ1n) is 5.30. The molecule has 0 aromatic rings. The minimum absolute atomic E-state index is 0.0710. The number of hydrogen-bond acceptors (Lipinski definition) is 3. The Morgan fingerprint density at radius 1 is 1.33 bits per heavy atom. The highest BCUT2D eigenvalue weighted by Crippen LogP contribution is 2.18. The maximum Gasteiger partial charge on any atom is 0.241 e. The third kappa shape index (κ3) is 5.37. The van der Waals surface area contributed by atoms with Crippen molar-refractivity contribution in [2.24, 2.45) is 0 Å². The lowest BCUT2D eigenvalue weighted by Crippen LogP contribution is -2.37. The Hall–Kier alpha value is -1.10. The summed E-state index contributed by atoms with van der Waals surface area (Å²) in [6.07, 6.45) is 2.89. The first-order valence-corrected chi connectivity index (χ1v) is 5.30. The van der Waals surface area contributed by atoms with E-state index in [1.807, 2.05) is 0 Å². The molecule has 0 atom stereocenters. The molecule has 5 nitrogen and oxygen atoms in total. The van der Waals surface area contributed by atoms with Crippen LogP contribution in [0, 0.1) is 0 Å². The fourth-order valence-electron chi connectivity index (χ4n) is 1.10. The van der Waals surface area contributed by atoms with Gasteiger partial charge in [-0.3, -0.25) is 9.59 Å². The van der Waals surface area contributed by atoms with Crippen LogP contribution in [0.15, 0.2) is 0 Å². The van der Waals surface area contributed by atoms with Gasteiger partial charge in [0.1, 0.15) is 0 Å². The van der Waals surface area contributed by atoms with Gasteiger partial charge in [-0.05, 0) is 12.8 Å². The van der Waals surface area contributed by atoms with Crippen LogP contribution in [0.1, 0.15) is 19.3 Å². The SMILES string of the molecule is CN(C)C(=O)CNC(=O)CCNC1CC1. The first-order chi connectivity index (χ1) is 7.09. The fraction of sp³-hybridized carbons (Fsp3) is 0.800. The summed E-state index contributed by atoms with van der Waals surface area (Å²) < 4.78 is 0. The third-order valence-electron chi connectivity index (χ3n) is 2.30. The second-order valence-corrected chi connectivity index (χ2v) is 4.04. The van der Waals surface area contributed by atoms with Crippen LogP contribution in [0.4, 0.5) is 0 Å². The average Bonchev–Trinajstić information content (AvgIpc) is 2.97. The predicted molar refractivity (Wildman–Crippen MR) is 57.3 cm³/mol. The number of nitrogens with one attached hydrogen (secondary N) is 2. The number of hydrogen-bond donors (Lipinski definition) is 2. The molecule has 1 aliphatic rings. The van der Waals surface area contributed by atoms with Crippen LogP contribution in [0.25, 0.3) is 0 Å². The summed E-state index contributed by atoms with van der Waals surface area (Å²) in [6, 6.07) is 0.626. The molecule has 2 amide bonds. The van der Waals surface area contributed by atoms with Gasteiger partial charge >= 0.3 is 0 Å². The summed E-state index contributed by atoms with van der Waals surface area (Å²) in [5.41, 5.74) is 0. The smallest absolute Gasteiger partial charge is 0.241 e. The number of amides is 2. The molecule has 0 spiro atoms. The van der Waals surface area contributed by atoms with Crippen LogP contribution >= 0.6 is 0 Å². The normalized spacial score (nSPS) is 14.8. The summed E-state index contributed by atoms with van der Waals surface area (Å²) in [5, 5.41) is 5.83. The Morgan fingerprint density at radius 3 is 2.53 bits per heavy atom. The molecule has 86 valence electrons. The van der Waals surface area contributed by atoms with E-state index in [2.05, 4.69) is 10.6 Å². The molecule has 1 rings (SSSR count). The first kappa shape index (κ1) is 12.0. The quantitative estimate of drug-likeness (QED) is 0.615. The van der Waals surface area contributed by atoms with Gasteiger partial charge in [0.15, 0.2) is 0 Å². The van der Waals surface area contributed by atoms with Gasteiger partial charge < -0.3 is 15.5 Å². The highest BCUT2D eigenvalue weighted by atomic mass is 16.2. The molecule has 5 heteroatoms. The topological polar surface area (TPSA) is 61.4 Å². The van der Waals surface area contributed by atoms with Gasteiger partial charge in [0.25, 0.3) is 0 Å². The van der Waals surface area contributed by atoms with Gasteiger partial charge in [0, 0.05) is 33.1 Å². The van der Waals surface area contributed by atoms with Gasteiger partial charge in [-0.2, -0.15) is 0 Å². The van der Waals surface area contributed by atoms with Crippen LogP contribution in [0.2, 0.25) is 0 Å². The van der Waals surface area contributed by atoms with Crippen molar-refractivity contribution in [3.63, 3.8) is 0 Å². The second kappa shape index (κ2) is 5.70. The van der Waals surface area contributed by atoms with E-state index in [1.165, 1.54) is 17.7 Å². The number of carbonyl (C=O) groups is 2. The van der Waals surface area contributed by atoms with E-state index >= 15 is 0 Å². The van der Waals surface area contributed by atoms with E-state index < -0.39 is 0 Å². The molecule has 0 heterocycles. The van der Waals surface area contributed by atoms with E-state index in [-0.39, 0.29) is 18.4 Å². The predicted octanol–water partition coefficient (Wildman–Crippen LogP) is -0.667. The lowest BCUT2D eigenvalue weighted by Gasteiger charge is -2.10. The largest absolute Gasteiger partial charge is 0.347 e. The Kier molecular flexibility index (Phi) is 4.55. The molecule has 1 saturated carbocycles. The van der Waals surface area contributed by atoms with Crippen molar-refractivity contribution in [1.82, 2.24) is 15.5 Å². The van der Waals surface area contributed by atoms with Gasteiger partial charge in [-0.1, -0.05) is 0 Å². The van der Waals surface area contributed by atoms with E-state index in [0.717, 1.165) is 0 Å². The van der Waals surface area contributed by atoms with Crippen LogP contribution < -0.4 is 10.6 Å². The minimum atomic E-state index is -0.0847. The van der Waals surface area contributed by atoms with E-state index in [1.54, 1.807) is 14.1 Å². The van der Waals surface area contributed by atoms with Crippen molar-refractivity contribution in [1.29, 1.82) is 0 Å². The summed E-state index contributed by atoms with van der Waals surface area (Å²) in [6.45, 7) is 0.794. The molecular weight excluding hydrogens is 194 g/mol. The average molecular weight is 213 g/mol. The highest BCUT2D eigenvalue weighted by molar-refractivity contribution is 5.84. The standard InChI is InChI=1S/C10H19N3O2/c1-13(2)10(15)7-12-9(14)5-6-11-8-3-4-8/h8,11H,3-7H2,1-2H3,(H,12,14). The van der Waals surface area contributed by atoms with Crippen molar-refractivity contribution in [3.8, 4) is 0 Å². The maximum atomic E-state index is 11.3. The van der Waals surface area contributed by atoms with Crippen molar-refractivity contribution in [2.45, 2.75) is 25.3 Å². The number of nitrogens with zero attached hydrogens (tertiary/aromatic N) is 1. The van der Waals surface area contributed by atoms with Crippen LogP contribution in [-0.4, -0.2) is 49.9 Å². The van der Waals surface area contributed by atoms with Gasteiger partial charge in [-0.25, -0.2) is 0 Å². The summed E-state index contributed by atoms with van der Waals surface area (Å²) >= 11 is 0. The van der Waals surface area contributed by atoms with E-state index in [0.29, 0.717) is 19.0 Å². The van der Waals surface area contributed by atoms with E-state index in [4.69, 9.17) is 0 Å². The Morgan fingerprint density at radius 2 is 2.00 bits per heavy atom. The fourth-order valence-corrected chi connectivity index (χ4v) is 1.10. The number of carbonyl (C=O) groups excluding carboxylic acids is 2. The molecule has 0 saturated heterocycles. The summed E-state index contributed by atoms with van der Waals surface area (Å²) in [5.74, 6) is -0.156. The van der Waals surface area contributed by atoms with Crippen LogP contribution in [0.5, 0.6) is 0 Å². The number of likely N-dealkylation sites (N-methyl/N-ethyl adjacent to an activating group) is 1. The zero-order valence-corrected chi connectivity index (χ0v) is 9.38. The molecule has 2 N–H and O–H groups in total. The summed E-state index contributed by atoms with van der Waals surface area (Å²) in [4.78, 5) is 23.8. The molecule has 0 radical (unpaired) electrons. The Balaban J connectivity index is 1.99. The lowest BCUT2D eigenvalue weighted by molar-refractivity contribution is -0.130. The molecule has 0 bridgehead atoms. The molecule has 0 aromatic heterocycles. The molecular formula is C10H19N3O2. The van der Waals surface area contributed by atoms with Crippen molar-refractivity contribution in [3.05, 3.63) is 0 Å². The van der Waals surface area contributed by atoms with Crippen LogP contribution in [-0.2, 0) is 9.59 Å². The molecule has 1 fully saturated rings. The third-order valence-corrected chi connectivity index (χ3v) is 2.30. The number of rotatable bonds is 6. The molecule has 15 heavy (non-hydrogen) atoms. The second-order valence-electron chi connectivity index (χ2n) is 4.04. The molecule has 0 aliphatic heterocycles. The van der Waals surface area contributed by atoms with Crippen molar-refractivity contribution < 1.29 is 9.59 Å². The minimum Gasteiger partial charge on any atom is -0.347 e. The van der Waals surface area contributed by atoms with Gasteiger partial charge in [0.05, 0.1) is 6.54 Å². The van der Waals surface area contributed by atoms with Crippen molar-refractivity contribution in [2.75, 3.05) is 27.2 Å². The monoisotopic (exact) mass is 213 g/mol. The molecule has 0 aromatic carbocycles. The highest BCUT2D eigenvalue weighted by Gasteiger charge is 2.20. The van der Waals surface area contributed by atoms with Crippen LogP contribution in [0.3, 0.4) is 0 Å². The van der Waals surface area contributed by atoms with Gasteiger partial charge in [0.2, 0.25) is 11.8 Å².